The van der Waals surface area contributed by atoms with Gasteiger partial charge in [0.25, 0.3) is 0 Å². The van der Waals surface area contributed by atoms with Gasteiger partial charge in [-0.2, -0.15) is 8.42 Å². The highest BCUT2D eigenvalue weighted by atomic mass is 32.2. The van der Waals surface area contributed by atoms with Gasteiger partial charge in [-0.15, -0.1) is 0 Å². The Hall–Kier alpha value is -1.34. The summed E-state index contributed by atoms with van der Waals surface area (Å²) < 4.78 is 52.4. The molecule has 0 radical (unpaired) electrons. The zero-order chi connectivity index (χ0) is 24.8. The molecule has 9 heteroatoms. The van der Waals surface area contributed by atoms with Gasteiger partial charge >= 0.3 is 29.2 Å². The molecule has 0 aromatic rings. The van der Waals surface area contributed by atoms with E-state index in [0.717, 1.165) is 25.7 Å². The fourth-order valence-corrected chi connectivity index (χ4v) is 4.20. The number of hydrogen-bond acceptors (Lipinski definition) is 6. The van der Waals surface area contributed by atoms with E-state index in [-0.39, 0.29) is 6.42 Å². The molecule has 0 aliphatic carbocycles. The van der Waals surface area contributed by atoms with Crippen molar-refractivity contribution in [3.05, 3.63) is 34.9 Å². The molecule has 0 aromatic carbocycles. The average molecular weight is 492 g/mol. The Morgan fingerprint density at radius 1 is 1.00 bits per heavy atom. The van der Waals surface area contributed by atoms with Crippen molar-refractivity contribution >= 4 is 24.5 Å². The van der Waals surface area contributed by atoms with Gasteiger partial charge in [0, 0.05) is 6.42 Å². The third-order valence-electron chi connectivity index (χ3n) is 4.86. The Morgan fingerprint density at radius 2 is 1.53 bits per heavy atom. The first kappa shape index (κ1) is 30.7. The maximum atomic E-state index is 11.8. The lowest BCUT2D eigenvalue weighted by atomic mass is 10.1. The Balaban J connectivity index is 4.67. The second-order valence-electron chi connectivity index (χ2n) is 8.56. The van der Waals surface area contributed by atoms with Crippen molar-refractivity contribution < 1.29 is 31.8 Å². The molecule has 7 nitrogen and oxygen atoms in total. The topological polar surface area (TPSA) is 107 Å². The number of allylic oxidation sites excluding steroid dienone is 6. The van der Waals surface area contributed by atoms with Crippen molar-refractivity contribution in [2.45, 2.75) is 91.2 Å². The van der Waals surface area contributed by atoms with Crippen LogP contribution in [0.15, 0.2) is 34.9 Å². The molecular weight excluding hydrogens is 451 g/mol. The van der Waals surface area contributed by atoms with Gasteiger partial charge in [-0.1, -0.05) is 53.4 Å². The third-order valence-corrected chi connectivity index (χ3v) is 7.75. The third kappa shape index (κ3) is 12.6. The Bertz CT molecular complexity index is 793. The smallest absolute Gasteiger partial charge is 0.390 e. The quantitative estimate of drug-likeness (QED) is 0.0673. The van der Waals surface area contributed by atoms with Crippen molar-refractivity contribution in [3.63, 3.8) is 0 Å². The Kier molecular flexibility index (Phi) is 14.8. The van der Waals surface area contributed by atoms with Gasteiger partial charge in [0.05, 0.1) is 5.92 Å². The molecule has 0 saturated carbocycles. The molecular formula is C23H40O7PS+. The van der Waals surface area contributed by atoms with Crippen LogP contribution in [0.1, 0.15) is 86.5 Å². The summed E-state index contributed by atoms with van der Waals surface area (Å²) in [7, 11) is -6.24. The summed E-state index contributed by atoms with van der Waals surface area (Å²) in [4.78, 5) is 11.5. The minimum Gasteiger partial charge on any atom is -0.438 e. The van der Waals surface area contributed by atoms with Crippen LogP contribution in [0.25, 0.3) is 0 Å². The van der Waals surface area contributed by atoms with E-state index in [1.54, 1.807) is 13.8 Å². The predicted octanol–water partition coefficient (Wildman–Crippen LogP) is 6.31. The first-order valence-electron chi connectivity index (χ1n) is 11.0. The van der Waals surface area contributed by atoms with Crippen molar-refractivity contribution in [1.29, 1.82) is 0 Å². The normalized spacial score (nSPS) is 15.0. The SMILES string of the molecule is CC(C)=CCCC(C)=CCCC(C)=CCCCC(OCOC(=O)C(C)C)([PH+]=O)S(=O)(=O)O. The lowest BCUT2D eigenvalue weighted by molar-refractivity contribution is -0.163. The lowest BCUT2D eigenvalue weighted by Crippen LogP contribution is -2.37. The van der Waals surface area contributed by atoms with Gasteiger partial charge in [0.15, 0.2) is 6.79 Å². The standard InChI is InChI=1S/C23H39O7PS/c1-18(2)11-9-13-21(6)15-10-14-20(5)12-7-8-16-23(31-25,32(26,27)28)30-17-29-22(24)19(3)4/h11-12,15,19H,7-10,13-14,16-17H2,1-6H3,(H,26,27,28)/p+1. The van der Waals surface area contributed by atoms with Gasteiger partial charge in [-0.25, -0.2) is 0 Å². The van der Waals surface area contributed by atoms with E-state index in [2.05, 4.69) is 32.9 Å². The number of carbonyl (C=O) groups excluding carboxylic acids is 1. The maximum Gasteiger partial charge on any atom is 0.390 e. The monoisotopic (exact) mass is 491 g/mol. The Labute approximate surface area is 195 Å². The summed E-state index contributed by atoms with van der Waals surface area (Å²) in [5.74, 6) is -0.999. The molecule has 0 heterocycles. The van der Waals surface area contributed by atoms with Crippen LogP contribution in [0.4, 0.5) is 0 Å². The minimum atomic E-state index is -4.78. The van der Waals surface area contributed by atoms with Crippen molar-refractivity contribution in [1.82, 2.24) is 0 Å². The zero-order valence-electron chi connectivity index (χ0n) is 20.3. The van der Waals surface area contributed by atoms with Crippen molar-refractivity contribution in [2.75, 3.05) is 6.79 Å². The van der Waals surface area contributed by atoms with Crippen LogP contribution in [-0.4, -0.2) is 30.4 Å². The van der Waals surface area contributed by atoms with E-state index in [1.165, 1.54) is 16.7 Å². The van der Waals surface area contributed by atoms with Crippen LogP contribution < -0.4 is 0 Å². The summed E-state index contributed by atoms with van der Waals surface area (Å²) in [6.07, 6.45) is 11.1. The van der Waals surface area contributed by atoms with Crippen LogP contribution in [0.3, 0.4) is 0 Å². The van der Waals surface area contributed by atoms with E-state index >= 15 is 0 Å². The molecule has 0 aliphatic rings. The molecule has 0 rings (SSSR count). The fraction of sp³-hybridized carbons (Fsp3) is 0.696. The highest BCUT2D eigenvalue weighted by Crippen LogP contribution is 2.36. The summed E-state index contributed by atoms with van der Waals surface area (Å²) in [5, 5.41) is 0. The molecule has 0 amide bonds. The summed E-state index contributed by atoms with van der Waals surface area (Å²) in [6.45, 7) is 10.9. The van der Waals surface area contributed by atoms with Gasteiger partial charge in [-0.3, -0.25) is 14.1 Å². The molecule has 2 atom stereocenters. The number of rotatable bonds is 16. The maximum absolute atomic E-state index is 11.8. The van der Waals surface area contributed by atoms with E-state index < -0.39 is 41.9 Å². The van der Waals surface area contributed by atoms with E-state index in [9.17, 15) is 22.3 Å². The predicted molar refractivity (Wildman–Crippen MR) is 129 cm³/mol. The highest BCUT2D eigenvalue weighted by molar-refractivity contribution is 7.91. The van der Waals surface area contributed by atoms with Crippen LogP contribution in [0, 0.1) is 5.92 Å². The first-order valence-corrected chi connectivity index (χ1v) is 13.3. The first-order chi connectivity index (χ1) is 14.8. The van der Waals surface area contributed by atoms with Crippen LogP contribution >= 0.6 is 8.46 Å². The number of carbonyl (C=O) groups is 1. The molecule has 0 aliphatic heterocycles. The fourth-order valence-electron chi connectivity index (χ4n) is 2.78. The van der Waals surface area contributed by atoms with E-state index in [0.29, 0.717) is 12.8 Å². The molecule has 2 unspecified atom stereocenters. The largest absolute Gasteiger partial charge is 0.438 e. The Morgan fingerprint density at radius 3 is 2.00 bits per heavy atom. The molecule has 32 heavy (non-hydrogen) atoms. The van der Waals surface area contributed by atoms with E-state index in [4.69, 9.17) is 9.47 Å². The minimum absolute atomic E-state index is 0.180. The van der Waals surface area contributed by atoms with Crippen LogP contribution in [-0.2, 0) is 29.0 Å². The summed E-state index contributed by atoms with van der Waals surface area (Å²) in [5.41, 5.74) is 3.86. The van der Waals surface area contributed by atoms with E-state index in [1.807, 2.05) is 13.0 Å². The lowest BCUT2D eigenvalue weighted by Gasteiger charge is -2.18. The molecule has 0 bridgehead atoms. The van der Waals surface area contributed by atoms with Crippen molar-refractivity contribution in [2.24, 2.45) is 5.92 Å². The van der Waals surface area contributed by atoms with Gasteiger partial charge in [0.1, 0.15) is 0 Å². The van der Waals surface area contributed by atoms with Crippen LogP contribution in [0.5, 0.6) is 0 Å². The number of ether oxygens (including phenoxy) is 2. The average Bonchev–Trinajstić information content (AvgIpc) is 2.68. The number of esters is 1. The zero-order valence-corrected chi connectivity index (χ0v) is 22.1. The van der Waals surface area contributed by atoms with Crippen LogP contribution in [0.2, 0.25) is 0 Å². The van der Waals surface area contributed by atoms with Gasteiger partial charge in [0.2, 0.25) is 0 Å². The summed E-state index contributed by atoms with van der Waals surface area (Å²) >= 11 is 0. The van der Waals surface area contributed by atoms with Gasteiger partial charge in [-0.05, 0) is 66.2 Å². The second kappa shape index (κ2) is 15.5. The molecule has 0 spiro atoms. The number of hydrogen-bond donors (Lipinski definition) is 1. The van der Waals surface area contributed by atoms with Gasteiger partial charge < -0.3 is 4.74 Å². The van der Waals surface area contributed by atoms with Crippen molar-refractivity contribution in [3.8, 4) is 0 Å². The summed E-state index contributed by atoms with van der Waals surface area (Å²) in [6, 6.07) is 0. The number of unbranched alkanes of at least 4 members (excludes halogenated alkanes) is 1. The highest BCUT2D eigenvalue weighted by Gasteiger charge is 2.53. The molecule has 1 N–H and O–H groups in total. The molecule has 0 fully saturated rings. The molecule has 184 valence electrons. The second-order valence-corrected chi connectivity index (χ2v) is 11.5. The molecule has 0 aromatic heterocycles. The molecule has 0 saturated heterocycles.